The lowest BCUT2D eigenvalue weighted by atomic mass is 10.2. The van der Waals surface area contributed by atoms with Gasteiger partial charge in [-0.25, -0.2) is 0 Å². The number of halogens is 1. The van der Waals surface area contributed by atoms with Gasteiger partial charge in [-0.2, -0.15) is 0 Å². The van der Waals surface area contributed by atoms with Crippen molar-refractivity contribution in [3.63, 3.8) is 0 Å². The van der Waals surface area contributed by atoms with E-state index in [0.29, 0.717) is 6.04 Å². The minimum Gasteiger partial charge on any atom is -0.365 e. The van der Waals surface area contributed by atoms with Crippen LogP contribution < -0.4 is 10.2 Å². The first kappa shape index (κ1) is 12.2. The molecule has 1 unspecified atom stereocenters. The van der Waals surface area contributed by atoms with E-state index >= 15 is 0 Å². The molecular weight excluding hydrogens is 242 g/mol. The van der Waals surface area contributed by atoms with E-state index < -0.39 is 0 Å². The van der Waals surface area contributed by atoms with Crippen molar-refractivity contribution < 1.29 is 0 Å². The summed E-state index contributed by atoms with van der Waals surface area (Å²) in [6.45, 7) is 4.34. The van der Waals surface area contributed by atoms with E-state index in [0.717, 1.165) is 30.5 Å². The predicted molar refractivity (Wildman–Crippen MR) is 71.9 cm³/mol. The molecule has 0 bridgehead atoms. The van der Waals surface area contributed by atoms with Gasteiger partial charge in [0.2, 0.25) is 0 Å². The number of hydrogen-bond donors (Lipinski definition) is 1. The fourth-order valence-corrected chi connectivity index (χ4v) is 2.98. The highest BCUT2D eigenvalue weighted by molar-refractivity contribution is 7.19. The molecule has 1 aromatic heterocycles. The molecule has 0 aromatic carbocycles. The number of anilines is 1. The van der Waals surface area contributed by atoms with Crippen LogP contribution in [0.5, 0.6) is 0 Å². The molecule has 16 heavy (non-hydrogen) atoms. The maximum atomic E-state index is 5.94. The van der Waals surface area contributed by atoms with Crippen LogP contribution in [0.15, 0.2) is 12.1 Å². The third-order valence-corrected chi connectivity index (χ3v) is 4.41. The molecule has 0 saturated carbocycles. The molecule has 1 atom stereocenters. The SMILES string of the molecule is CN(CC1CNCCN1C)c1ccc(Cl)s1. The standard InChI is InChI=1S/C11H18ClN3S/c1-14-6-5-13-7-9(14)8-15(2)11-4-3-10(12)16-11/h3-4,9,13H,5-8H2,1-2H3. The highest BCUT2D eigenvalue weighted by atomic mass is 35.5. The molecule has 1 fully saturated rings. The van der Waals surface area contributed by atoms with E-state index in [1.165, 1.54) is 5.00 Å². The summed E-state index contributed by atoms with van der Waals surface area (Å²) in [4.78, 5) is 4.70. The zero-order chi connectivity index (χ0) is 11.5. The third-order valence-electron chi connectivity index (χ3n) is 3.06. The summed E-state index contributed by atoms with van der Waals surface area (Å²) in [5.41, 5.74) is 0. The summed E-state index contributed by atoms with van der Waals surface area (Å²) in [5, 5.41) is 4.68. The maximum Gasteiger partial charge on any atom is 0.0950 e. The highest BCUT2D eigenvalue weighted by Crippen LogP contribution is 2.28. The van der Waals surface area contributed by atoms with Crippen LogP contribution in [0, 0.1) is 0 Å². The van der Waals surface area contributed by atoms with Crippen molar-refractivity contribution in [2.24, 2.45) is 0 Å². The fraction of sp³-hybridized carbons (Fsp3) is 0.636. The van der Waals surface area contributed by atoms with Gasteiger partial charge in [-0.15, -0.1) is 11.3 Å². The second kappa shape index (κ2) is 5.36. The quantitative estimate of drug-likeness (QED) is 0.892. The van der Waals surface area contributed by atoms with Crippen molar-refractivity contribution in [3.05, 3.63) is 16.5 Å². The molecular formula is C11H18ClN3S. The molecule has 2 heterocycles. The summed E-state index contributed by atoms with van der Waals surface area (Å²) >= 11 is 7.58. The molecule has 1 aromatic rings. The monoisotopic (exact) mass is 259 g/mol. The smallest absolute Gasteiger partial charge is 0.0950 e. The Morgan fingerprint density at radius 1 is 1.62 bits per heavy atom. The largest absolute Gasteiger partial charge is 0.365 e. The van der Waals surface area contributed by atoms with Crippen LogP contribution in [0.2, 0.25) is 4.34 Å². The van der Waals surface area contributed by atoms with E-state index in [9.17, 15) is 0 Å². The van der Waals surface area contributed by atoms with E-state index in [-0.39, 0.29) is 0 Å². The van der Waals surface area contributed by atoms with E-state index in [2.05, 4.69) is 35.3 Å². The van der Waals surface area contributed by atoms with Gasteiger partial charge in [-0.05, 0) is 19.2 Å². The molecule has 90 valence electrons. The number of nitrogens with one attached hydrogen (secondary N) is 1. The van der Waals surface area contributed by atoms with E-state index in [1.807, 2.05) is 6.07 Å². The van der Waals surface area contributed by atoms with Crippen LogP contribution in [0.25, 0.3) is 0 Å². The van der Waals surface area contributed by atoms with Crippen LogP contribution in [0.4, 0.5) is 5.00 Å². The molecule has 0 aliphatic carbocycles. The van der Waals surface area contributed by atoms with Crippen molar-refractivity contribution >= 4 is 27.9 Å². The average Bonchev–Trinajstić information content (AvgIpc) is 2.68. The molecule has 2 rings (SSSR count). The first-order valence-electron chi connectivity index (χ1n) is 5.54. The Kier molecular flexibility index (Phi) is 4.08. The van der Waals surface area contributed by atoms with Gasteiger partial charge in [-0.1, -0.05) is 11.6 Å². The lowest BCUT2D eigenvalue weighted by molar-refractivity contribution is 0.204. The van der Waals surface area contributed by atoms with Crippen LogP contribution in [-0.4, -0.2) is 51.2 Å². The lowest BCUT2D eigenvalue weighted by Gasteiger charge is -2.35. The van der Waals surface area contributed by atoms with Gasteiger partial charge in [0.25, 0.3) is 0 Å². The molecule has 1 aliphatic rings. The van der Waals surface area contributed by atoms with E-state index in [4.69, 9.17) is 11.6 Å². The van der Waals surface area contributed by atoms with Crippen molar-refractivity contribution in [2.45, 2.75) is 6.04 Å². The second-order valence-corrected chi connectivity index (χ2v) is 5.99. The topological polar surface area (TPSA) is 18.5 Å². The van der Waals surface area contributed by atoms with Gasteiger partial charge in [0.05, 0.1) is 9.34 Å². The molecule has 1 aliphatic heterocycles. The summed E-state index contributed by atoms with van der Waals surface area (Å²) < 4.78 is 0.858. The van der Waals surface area contributed by atoms with Crippen molar-refractivity contribution in [1.82, 2.24) is 10.2 Å². The lowest BCUT2D eigenvalue weighted by Crippen LogP contribution is -2.53. The Bertz CT molecular complexity index is 342. The number of thiophene rings is 1. The Labute approximate surface area is 106 Å². The highest BCUT2D eigenvalue weighted by Gasteiger charge is 2.20. The fourth-order valence-electron chi connectivity index (χ4n) is 1.98. The van der Waals surface area contributed by atoms with Gasteiger partial charge in [0, 0.05) is 39.3 Å². The van der Waals surface area contributed by atoms with Gasteiger partial charge in [0.15, 0.2) is 0 Å². The zero-order valence-electron chi connectivity index (χ0n) is 9.74. The first-order valence-corrected chi connectivity index (χ1v) is 6.73. The number of hydrogen-bond acceptors (Lipinski definition) is 4. The summed E-state index contributed by atoms with van der Waals surface area (Å²) in [7, 11) is 4.32. The normalized spacial score (nSPS) is 22.3. The van der Waals surface area contributed by atoms with Gasteiger partial charge >= 0.3 is 0 Å². The Morgan fingerprint density at radius 2 is 2.44 bits per heavy atom. The number of rotatable bonds is 3. The predicted octanol–water partition coefficient (Wildman–Crippen LogP) is 1.74. The van der Waals surface area contributed by atoms with Crippen LogP contribution in [-0.2, 0) is 0 Å². The summed E-state index contributed by atoms with van der Waals surface area (Å²) in [6, 6.07) is 4.63. The van der Waals surface area contributed by atoms with E-state index in [1.54, 1.807) is 11.3 Å². The molecule has 5 heteroatoms. The second-order valence-electron chi connectivity index (χ2n) is 4.30. The molecule has 1 N–H and O–H groups in total. The molecule has 3 nitrogen and oxygen atoms in total. The molecule has 0 radical (unpaired) electrons. The number of piperazine rings is 1. The Morgan fingerprint density at radius 3 is 3.06 bits per heavy atom. The molecule has 0 spiro atoms. The maximum absolute atomic E-state index is 5.94. The summed E-state index contributed by atoms with van der Waals surface area (Å²) in [6.07, 6.45) is 0. The summed E-state index contributed by atoms with van der Waals surface area (Å²) in [5.74, 6) is 0. The molecule has 0 amide bonds. The Balaban J connectivity index is 1.93. The zero-order valence-corrected chi connectivity index (χ0v) is 11.3. The van der Waals surface area contributed by atoms with Gasteiger partial charge in [-0.3, -0.25) is 4.90 Å². The minimum atomic E-state index is 0.583. The number of nitrogens with zero attached hydrogens (tertiary/aromatic N) is 2. The van der Waals surface area contributed by atoms with Crippen molar-refractivity contribution in [2.75, 3.05) is 45.2 Å². The Hall–Kier alpha value is -0.290. The molecule has 1 saturated heterocycles. The number of likely N-dealkylation sites (N-methyl/N-ethyl adjacent to an activating group) is 2. The van der Waals surface area contributed by atoms with Crippen LogP contribution in [0.3, 0.4) is 0 Å². The van der Waals surface area contributed by atoms with Crippen molar-refractivity contribution in [3.8, 4) is 0 Å². The third kappa shape index (κ3) is 2.88. The average molecular weight is 260 g/mol. The van der Waals surface area contributed by atoms with Crippen LogP contribution >= 0.6 is 22.9 Å². The first-order chi connectivity index (χ1) is 7.66. The minimum absolute atomic E-state index is 0.583. The van der Waals surface area contributed by atoms with Gasteiger partial charge < -0.3 is 10.2 Å². The van der Waals surface area contributed by atoms with Gasteiger partial charge in [0.1, 0.15) is 0 Å². The van der Waals surface area contributed by atoms with Crippen LogP contribution in [0.1, 0.15) is 0 Å². The van der Waals surface area contributed by atoms with Crippen molar-refractivity contribution in [1.29, 1.82) is 0 Å².